The topological polar surface area (TPSA) is 34.1 Å². The van der Waals surface area contributed by atoms with Gasteiger partial charge in [0.2, 0.25) is 0 Å². The van der Waals surface area contributed by atoms with Crippen molar-refractivity contribution in [3.05, 3.63) is 92.7 Å². The van der Waals surface area contributed by atoms with E-state index in [2.05, 4.69) is 11.8 Å². The van der Waals surface area contributed by atoms with E-state index in [1.807, 2.05) is 16.8 Å². The number of rotatable bonds is 0. The molecule has 2 aromatic carbocycles. The van der Waals surface area contributed by atoms with Crippen molar-refractivity contribution >= 4 is 22.9 Å². The number of thiophene rings is 1. The fourth-order valence-electron chi connectivity index (χ4n) is 2.66. The summed E-state index contributed by atoms with van der Waals surface area (Å²) in [4.78, 5) is 25.2. The molecule has 1 aliphatic carbocycles. The maximum Gasteiger partial charge on any atom is 0.194 e. The van der Waals surface area contributed by atoms with Crippen LogP contribution in [0.15, 0.2) is 59.3 Å². The molecule has 1 aromatic heterocycles. The Hall–Kier alpha value is -2.96. The third-order valence-corrected chi connectivity index (χ3v) is 4.48. The second-order valence-electron chi connectivity index (χ2n) is 5.23. The van der Waals surface area contributed by atoms with E-state index in [0.717, 1.165) is 11.1 Å². The van der Waals surface area contributed by atoms with E-state index in [0.29, 0.717) is 22.3 Å². The highest BCUT2D eigenvalue weighted by molar-refractivity contribution is 7.08. The van der Waals surface area contributed by atoms with E-state index >= 15 is 0 Å². The van der Waals surface area contributed by atoms with Crippen LogP contribution in [0.1, 0.15) is 43.0 Å². The summed E-state index contributed by atoms with van der Waals surface area (Å²) in [5.74, 6) is 5.89. The largest absolute Gasteiger partial charge is 0.289 e. The van der Waals surface area contributed by atoms with Crippen molar-refractivity contribution in [3.63, 3.8) is 0 Å². The summed E-state index contributed by atoms with van der Waals surface area (Å²) in [5, 5.41) is 3.94. The van der Waals surface area contributed by atoms with Crippen molar-refractivity contribution in [2.24, 2.45) is 0 Å². The van der Waals surface area contributed by atoms with E-state index in [-0.39, 0.29) is 11.6 Å². The molecule has 108 valence electrons. The third-order valence-electron chi connectivity index (χ3n) is 3.80. The average Bonchev–Trinajstić information content (AvgIpc) is 3.11. The summed E-state index contributed by atoms with van der Waals surface area (Å²) in [6.45, 7) is 0. The SMILES string of the molecule is O=C1c2ccccc2C(=O)c2cc(C#Cc3ccsc3)ccc21. The first-order valence-electron chi connectivity index (χ1n) is 7.11. The number of carbonyl (C=O) groups is 2. The highest BCUT2D eigenvalue weighted by Gasteiger charge is 2.29. The first-order chi connectivity index (χ1) is 11.2. The molecule has 0 aliphatic heterocycles. The Balaban J connectivity index is 1.80. The molecule has 3 heteroatoms. The Morgan fingerprint density at radius 1 is 0.696 bits per heavy atom. The maximum atomic E-state index is 12.6. The van der Waals surface area contributed by atoms with Gasteiger partial charge in [0.25, 0.3) is 0 Å². The highest BCUT2D eigenvalue weighted by atomic mass is 32.1. The molecule has 3 aromatic rings. The predicted octanol–water partition coefficient (Wildman–Crippen LogP) is 3.92. The second-order valence-corrected chi connectivity index (χ2v) is 6.01. The van der Waals surface area contributed by atoms with E-state index in [9.17, 15) is 9.59 Å². The number of ketones is 2. The molecular weight excluding hydrogens is 304 g/mol. The Morgan fingerprint density at radius 2 is 1.35 bits per heavy atom. The molecule has 1 aliphatic rings. The number of fused-ring (bicyclic) bond motifs is 2. The van der Waals surface area contributed by atoms with Crippen LogP contribution < -0.4 is 0 Å². The first-order valence-corrected chi connectivity index (χ1v) is 8.05. The summed E-state index contributed by atoms with van der Waals surface area (Å²) < 4.78 is 0. The van der Waals surface area contributed by atoms with Gasteiger partial charge in [0.15, 0.2) is 11.6 Å². The quantitative estimate of drug-likeness (QED) is 0.461. The van der Waals surface area contributed by atoms with Crippen LogP contribution in [0.4, 0.5) is 0 Å². The van der Waals surface area contributed by atoms with E-state index in [1.165, 1.54) is 0 Å². The van der Waals surface area contributed by atoms with Crippen LogP contribution in [0.25, 0.3) is 0 Å². The van der Waals surface area contributed by atoms with Crippen LogP contribution in [-0.2, 0) is 0 Å². The third kappa shape index (κ3) is 2.30. The number of hydrogen-bond acceptors (Lipinski definition) is 3. The zero-order valence-corrected chi connectivity index (χ0v) is 12.8. The minimum absolute atomic E-state index is 0.104. The lowest BCUT2D eigenvalue weighted by molar-refractivity contribution is 0.0979. The molecular formula is C20H10O2S. The number of carbonyl (C=O) groups excluding carboxylic acids is 2. The Morgan fingerprint density at radius 3 is 2.04 bits per heavy atom. The van der Waals surface area contributed by atoms with Crippen molar-refractivity contribution in [2.45, 2.75) is 0 Å². The standard InChI is InChI=1S/C20H10O2S/c21-19-15-3-1-2-4-16(15)20(22)18-11-13(7-8-17(18)19)5-6-14-9-10-23-12-14/h1-4,7-12H. The van der Waals surface area contributed by atoms with Crippen LogP contribution in [0.2, 0.25) is 0 Å². The van der Waals surface area contributed by atoms with Gasteiger partial charge in [-0.2, -0.15) is 11.3 Å². The van der Waals surface area contributed by atoms with Gasteiger partial charge in [-0.15, -0.1) is 0 Å². The molecule has 0 radical (unpaired) electrons. The van der Waals surface area contributed by atoms with Crippen LogP contribution in [0, 0.1) is 11.8 Å². The molecule has 23 heavy (non-hydrogen) atoms. The van der Waals surface area contributed by atoms with Crippen molar-refractivity contribution in [2.75, 3.05) is 0 Å². The van der Waals surface area contributed by atoms with Crippen LogP contribution in [-0.4, -0.2) is 11.6 Å². The summed E-state index contributed by atoms with van der Waals surface area (Å²) in [6.07, 6.45) is 0. The van der Waals surface area contributed by atoms with Gasteiger partial charge in [-0.05, 0) is 29.6 Å². The van der Waals surface area contributed by atoms with Gasteiger partial charge in [-0.25, -0.2) is 0 Å². The number of hydrogen-bond donors (Lipinski definition) is 0. The normalized spacial score (nSPS) is 12.2. The Bertz CT molecular complexity index is 1000. The van der Waals surface area contributed by atoms with Crippen molar-refractivity contribution < 1.29 is 9.59 Å². The molecule has 0 amide bonds. The van der Waals surface area contributed by atoms with Crippen LogP contribution in [0.5, 0.6) is 0 Å². The van der Waals surface area contributed by atoms with Gasteiger partial charge in [0.1, 0.15) is 0 Å². The molecule has 4 rings (SSSR count). The summed E-state index contributed by atoms with van der Waals surface area (Å²) >= 11 is 1.59. The Kier molecular flexibility index (Phi) is 3.18. The fraction of sp³-hybridized carbons (Fsp3) is 0. The second kappa shape index (κ2) is 5.35. The lowest BCUT2D eigenvalue weighted by Gasteiger charge is -2.17. The first kappa shape index (κ1) is 13.7. The van der Waals surface area contributed by atoms with Crippen molar-refractivity contribution in [1.29, 1.82) is 0 Å². The monoisotopic (exact) mass is 314 g/mol. The molecule has 0 saturated carbocycles. The summed E-state index contributed by atoms with van der Waals surface area (Å²) in [6, 6.07) is 14.1. The van der Waals surface area contributed by atoms with Gasteiger partial charge >= 0.3 is 0 Å². The summed E-state index contributed by atoms with van der Waals surface area (Å²) in [7, 11) is 0. The predicted molar refractivity (Wildman–Crippen MR) is 90.0 cm³/mol. The molecule has 0 atom stereocenters. The highest BCUT2D eigenvalue weighted by Crippen LogP contribution is 2.27. The minimum atomic E-state index is -0.116. The van der Waals surface area contributed by atoms with E-state index < -0.39 is 0 Å². The fourth-order valence-corrected chi connectivity index (χ4v) is 3.24. The molecule has 0 bridgehead atoms. The molecule has 0 spiro atoms. The lowest BCUT2D eigenvalue weighted by Crippen LogP contribution is -2.20. The van der Waals surface area contributed by atoms with Crippen molar-refractivity contribution in [1.82, 2.24) is 0 Å². The van der Waals surface area contributed by atoms with Crippen molar-refractivity contribution in [3.8, 4) is 11.8 Å². The van der Waals surface area contributed by atoms with Crippen LogP contribution in [0.3, 0.4) is 0 Å². The molecule has 0 N–H and O–H groups in total. The summed E-state index contributed by atoms with van der Waals surface area (Å²) in [5.41, 5.74) is 3.51. The molecule has 1 heterocycles. The smallest absolute Gasteiger partial charge is 0.194 e. The molecule has 0 unspecified atom stereocenters. The van der Waals surface area contributed by atoms with Gasteiger partial charge in [-0.1, -0.05) is 36.1 Å². The zero-order chi connectivity index (χ0) is 15.8. The lowest BCUT2D eigenvalue weighted by atomic mass is 9.83. The van der Waals surface area contributed by atoms with Gasteiger partial charge in [-0.3, -0.25) is 9.59 Å². The van der Waals surface area contributed by atoms with Crippen LogP contribution >= 0.6 is 11.3 Å². The zero-order valence-electron chi connectivity index (χ0n) is 12.0. The molecule has 2 nitrogen and oxygen atoms in total. The van der Waals surface area contributed by atoms with Gasteiger partial charge < -0.3 is 0 Å². The average molecular weight is 314 g/mol. The Labute approximate surface area is 137 Å². The molecule has 0 fully saturated rings. The molecule has 0 saturated heterocycles. The van der Waals surface area contributed by atoms with Gasteiger partial charge in [0, 0.05) is 38.8 Å². The van der Waals surface area contributed by atoms with Gasteiger partial charge in [0.05, 0.1) is 0 Å². The maximum absolute atomic E-state index is 12.6. The van der Waals surface area contributed by atoms with E-state index in [4.69, 9.17) is 0 Å². The minimum Gasteiger partial charge on any atom is -0.289 e. The number of benzene rings is 2. The van der Waals surface area contributed by atoms with E-state index in [1.54, 1.807) is 53.8 Å².